The lowest BCUT2D eigenvalue weighted by atomic mass is 9.79. The average molecular weight is 484 g/mol. The highest BCUT2D eigenvalue weighted by molar-refractivity contribution is 9.10. The summed E-state index contributed by atoms with van der Waals surface area (Å²) >= 11 is 19.2. The fourth-order valence-corrected chi connectivity index (χ4v) is 6.03. The summed E-state index contributed by atoms with van der Waals surface area (Å²) < 4.78 is 6.08. The Labute approximate surface area is 159 Å². The molecule has 6 atom stereocenters. The van der Waals surface area contributed by atoms with E-state index in [4.69, 9.17) is 27.9 Å². The minimum Gasteiger partial charge on any atom is -0.461 e. The van der Waals surface area contributed by atoms with E-state index in [0.717, 1.165) is 6.42 Å². The van der Waals surface area contributed by atoms with Gasteiger partial charge in [0.2, 0.25) is 5.91 Å². The predicted octanol–water partition coefficient (Wildman–Crippen LogP) is 4.27. The van der Waals surface area contributed by atoms with E-state index in [1.54, 1.807) is 12.1 Å². The molecule has 1 amide bonds. The SMILES string of the molecule is O=C(Nc1ccc(Br)c(Cl)c1Cl)[C@@H]1[C@H]2C[C@H]3[C@H](OC(=O)[C@@H]31)[C@H]2Br. The van der Waals surface area contributed by atoms with Crippen LogP contribution < -0.4 is 5.32 Å². The molecule has 1 aromatic rings. The normalized spacial score (nSPS) is 37.1. The van der Waals surface area contributed by atoms with Crippen LogP contribution in [0.5, 0.6) is 0 Å². The van der Waals surface area contributed by atoms with Crippen LogP contribution in [0.25, 0.3) is 0 Å². The first-order chi connectivity index (χ1) is 10.9. The molecule has 1 N–H and O–H groups in total. The number of nitrogens with one attached hydrogen (secondary N) is 1. The van der Waals surface area contributed by atoms with Crippen molar-refractivity contribution in [3.05, 3.63) is 26.7 Å². The van der Waals surface area contributed by atoms with Crippen molar-refractivity contribution in [3.63, 3.8) is 0 Å². The molecular formula is C15H11Br2Cl2NO3. The lowest BCUT2D eigenvalue weighted by Crippen LogP contribution is -2.40. The van der Waals surface area contributed by atoms with Gasteiger partial charge in [-0.25, -0.2) is 0 Å². The number of anilines is 1. The molecule has 8 heteroatoms. The molecule has 1 heterocycles. The number of hydrogen-bond donors (Lipinski definition) is 1. The number of benzene rings is 1. The highest BCUT2D eigenvalue weighted by Gasteiger charge is 2.67. The molecule has 0 radical (unpaired) electrons. The first kappa shape index (κ1) is 16.2. The number of carbonyl (C=O) groups is 2. The molecule has 2 aliphatic carbocycles. The summed E-state index contributed by atoms with van der Waals surface area (Å²) in [5.41, 5.74) is 0.446. The fourth-order valence-electron chi connectivity index (χ4n) is 4.17. The Hall–Kier alpha value is -0.300. The second-order valence-corrected chi connectivity index (χ2v) is 8.84. The number of amides is 1. The van der Waals surface area contributed by atoms with Crippen molar-refractivity contribution in [2.24, 2.45) is 23.7 Å². The highest BCUT2D eigenvalue weighted by Crippen LogP contribution is 2.60. The maximum Gasteiger partial charge on any atom is 0.310 e. The van der Waals surface area contributed by atoms with Crippen molar-refractivity contribution in [1.29, 1.82) is 0 Å². The lowest BCUT2D eigenvalue weighted by molar-refractivity contribution is -0.145. The predicted molar refractivity (Wildman–Crippen MR) is 94.0 cm³/mol. The van der Waals surface area contributed by atoms with Gasteiger partial charge in [-0.3, -0.25) is 9.59 Å². The molecule has 4 rings (SSSR count). The molecule has 3 fully saturated rings. The number of carbonyl (C=O) groups excluding carboxylic acids is 2. The van der Waals surface area contributed by atoms with Gasteiger partial charge in [0.1, 0.15) is 6.10 Å². The minimum atomic E-state index is -0.394. The standard InChI is InChI=1S/C15H11Br2Cl2NO3/c16-6-1-2-7(12(19)11(6)18)20-14(21)8-4-3-5-9(8)15(22)23-13(5)10(4)17/h1-2,4-5,8-10,13H,3H2,(H,20,21)/t4-,5-,8-,9+,10+,13+/m1/s1. The molecule has 0 unspecified atom stereocenters. The second kappa shape index (κ2) is 5.61. The van der Waals surface area contributed by atoms with Crippen LogP contribution in [0.15, 0.2) is 16.6 Å². The van der Waals surface area contributed by atoms with Gasteiger partial charge in [-0.05, 0) is 40.4 Å². The van der Waals surface area contributed by atoms with Gasteiger partial charge in [0, 0.05) is 10.4 Å². The van der Waals surface area contributed by atoms with Gasteiger partial charge in [0.05, 0.1) is 32.4 Å². The topological polar surface area (TPSA) is 55.4 Å². The van der Waals surface area contributed by atoms with Crippen LogP contribution in [-0.4, -0.2) is 22.8 Å². The molecular weight excluding hydrogens is 473 g/mol. The summed E-state index contributed by atoms with van der Waals surface area (Å²) in [7, 11) is 0. The molecule has 1 saturated heterocycles. The summed E-state index contributed by atoms with van der Waals surface area (Å²) in [6, 6.07) is 3.41. The van der Waals surface area contributed by atoms with Crippen LogP contribution in [0.3, 0.4) is 0 Å². The van der Waals surface area contributed by atoms with Gasteiger partial charge in [-0.2, -0.15) is 0 Å². The van der Waals surface area contributed by atoms with Crippen molar-refractivity contribution in [2.75, 3.05) is 5.32 Å². The van der Waals surface area contributed by atoms with Gasteiger partial charge < -0.3 is 10.1 Å². The van der Waals surface area contributed by atoms with Crippen molar-refractivity contribution < 1.29 is 14.3 Å². The maximum absolute atomic E-state index is 12.8. The summed E-state index contributed by atoms with van der Waals surface area (Å²) in [6.07, 6.45) is 0.747. The number of rotatable bonds is 2. The maximum atomic E-state index is 12.8. The zero-order valence-corrected chi connectivity index (χ0v) is 16.2. The smallest absolute Gasteiger partial charge is 0.310 e. The Balaban J connectivity index is 1.61. The summed E-state index contributed by atoms with van der Waals surface area (Å²) in [5.74, 6) is -0.963. The summed E-state index contributed by atoms with van der Waals surface area (Å²) in [6.45, 7) is 0. The first-order valence-corrected chi connectivity index (χ1v) is 9.65. The Bertz CT molecular complexity index is 729. The Kier molecular flexibility index (Phi) is 3.95. The summed E-state index contributed by atoms with van der Waals surface area (Å²) in [4.78, 5) is 24.9. The Morgan fingerprint density at radius 2 is 2.00 bits per heavy atom. The Morgan fingerprint density at radius 1 is 1.26 bits per heavy atom. The number of fused-ring (bicyclic) bond motifs is 1. The van der Waals surface area contributed by atoms with E-state index in [9.17, 15) is 9.59 Å². The van der Waals surface area contributed by atoms with Crippen molar-refractivity contribution in [3.8, 4) is 0 Å². The molecule has 3 aliphatic rings. The van der Waals surface area contributed by atoms with Gasteiger partial charge in [0.25, 0.3) is 0 Å². The van der Waals surface area contributed by atoms with Crippen molar-refractivity contribution >= 4 is 72.6 Å². The van der Waals surface area contributed by atoms with Crippen LogP contribution in [0.4, 0.5) is 5.69 Å². The molecule has 0 spiro atoms. The number of esters is 1. The van der Waals surface area contributed by atoms with Gasteiger partial charge >= 0.3 is 5.97 Å². The molecule has 4 nitrogen and oxygen atoms in total. The summed E-state index contributed by atoms with van der Waals surface area (Å²) in [5, 5.41) is 3.45. The third kappa shape index (κ3) is 2.29. The molecule has 0 aromatic heterocycles. The third-order valence-electron chi connectivity index (χ3n) is 5.12. The number of hydrogen-bond acceptors (Lipinski definition) is 3. The van der Waals surface area contributed by atoms with E-state index in [0.29, 0.717) is 15.2 Å². The fraction of sp³-hybridized carbons (Fsp3) is 0.467. The van der Waals surface area contributed by atoms with Crippen molar-refractivity contribution in [2.45, 2.75) is 17.4 Å². The van der Waals surface area contributed by atoms with Crippen LogP contribution in [-0.2, 0) is 14.3 Å². The molecule has 23 heavy (non-hydrogen) atoms. The largest absolute Gasteiger partial charge is 0.461 e. The van der Waals surface area contributed by atoms with E-state index in [1.165, 1.54) is 0 Å². The van der Waals surface area contributed by atoms with Crippen LogP contribution in [0.2, 0.25) is 10.0 Å². The molecule has 2 saturated carbocycles. The average Bonchev–Trinajstić information content (AvgIpc) is 3.12. The van der Waals surface area contributed by atoms with Crippen LogP contribution in [0.1, 0.15) is 6.42 Å². The van der Waals surface area contributed by atoms with E-state index in [2.05, 4.69) is 37.2 Å². The lowest BCUT2D eigenvalue weighted by Gasteiger charge is -2.27. The monoisotopic (exact) mass is 481 g/mol. The highest BCUT2D eigenvalue weighted by atomic mass is 79.9. The number of ether oxygens (including phenoxy) is 1. The number of alkyl halides is 1. The quantitative estimate of drug-likeness (QED) is 0.388. The minimum absolute atomic E-state index is 0.0370. The van der Waals surface area contributed by atoms with Gasteiger partial charge in [-0.15, -0.1) is 0 Å². The molecule has 122 valence electrons. The van der Waals surface area contributed by atoms with E-state index >= 15 is 0 Å². The third-order valence-corrected chi connectivity index (χ3v) is 8.09. The molecule has 1 aromatic carbocycles. The van der Waals surface area contributed by atoms with Crippen LogP contribution in [0, 0.1) is 23.7 Å². The van der Waals surface area contributed by atoms with Gasteiger partial charge in [0.15, 0.2) is 0 Å². The zero-order valence-electron chi connectivity index (χ0n) is 11.6. The Morgan fingerprint density at radius 3 is 2.74 bits per heavy atom. The zero-order chi connectivity index (χ0) is 16.5. The van der Waals surface area contributed by atoms with E-state index < -0.39 is 5.92 Å². The van der Waals surface area contributed by atoms with E-state index in [-0.39, 0.29) is 45.6 Å². The van der Waals surface area contributed by atoms with Crippen molar-refractivity contribution in [1.82, 2.24) is 0 Å². The second-order valence-electron chi connectivity index (χ2n) is 6.17. The van der Waals surface area contributed by atoms with Crippen LogP contribution >= 0.6 is 55.1 Å². The number of halogens is 4. The van der Waals surface area contributed by atoms with Gasteiger partial charge in [-0.1, -0.05) is 39.1 Å². The first-order valence-electron chi connectivity index (χ1n) is 7.19. The van der Waals surface area contributed by atoms with E-state index in [1.807, 2.05) is 0 Å². The molecule has 1 aliphatic heterocycles. The molecule has 2 bridgehead atoms.